The van der Waals surface area contributed by atoms with E-state index in [2.05, 4.69) is 291 Å². The number of likely N-dealkylation sites (tertiary alicyclic amines) is 1. The molecule has 4 saturated heterocycles. The van der Waals surface area contributed by atoms with E-state index in [1.807, 2.05) is 71.8 Å². The summed E-state index contributed by atoms with van der Waals surface area (Å²) in [5, 5.41) is 14.8. The van der Waals surface area contributed by atoms with Crippen molar-refractivity contribution in [3.05, 3.63) is 254 Å². The van der Waals surface area contributed by atoms with E-state index in [0.29, 0.717) is 19.4 Å². The molecule has 540 valence electrons. The van der Waals surface area contributed by atoms with E-state index in [9.17, 15) is 19.2 Å². The van der Waals surface area contributed by atoms with Gasteiger partial charge in [0.1, 0.15) is 5.54 Å². The number of fused-ring (bicyclic) bond motifs is 2. The Hall–Kier alpha value is -6.86. The molecule has 4 aliphatic carbocycles. The summed E-state index contributed by atoms with van der Waals surface area (Å²) in [4.78, 5) is 57.5. The summed E-state index contributed by atoms with van der Waals surface area (Å²) >= 11 is 9.02. The lowest BCUT2D eigenvalue weighted by atomic mass is 9.62. The maximum Gasteiger partial charge on any atom is 0.261 e. The molecular weight excluding hydrogens is 1360 g/mol. The second-order valence-corrected chi connectivity index (χ2v) is 44.5. The molecule has 10 nitrogen and oxygen atoms in total. The van der Waals surface area contributed by atoms with Crippen LogP contribution in [0.15, 0.2) is 264 Å². The zero-order valence-electron chi connectivity index (χ0n) is 62.2. The Labute approximate surface area is 628 Å². The molecule has 0 bridgehead atoms. The first-order chi connectivity index (χ1) is 49.0. The summed E-state index contributed by atoms with van der Waals surface area (Å²) in [6, 6.07) is 64.8. The quantitative estimate of drug-likeness (QED) is 0.0555. The monoisotopic (exact) mass is 1470 g/mol. The number of benzene rings is 6. The highest BCUT2D eigenvalue weighted by atomic mass is 35.5. The van der Waals surface area contributed by atoms with E-state index in [4.69, 9.17) is 20.5 Å². The van der Waals surface area contributed by atoms with E-state index in [-0.39, 0.29) is 73.0 Å². The molecule has 4 fully saturated rings. The van der Waals surface area contributed by atoms with Crippen molar-refractivity contribution in [2.45, 2.75) is 188 Å². The Morgan fingerprint density at radius 1 is 0.495 bits per heavy atom. The SMILES string of the molecule is CC1(C(=O)Cl)C=CCC=C1.CC1(C(=O)N2CCC[C@]23C[C@H]2C(=C[C@H](Sc4ccccc4)[C@@H](O[Si](c4ccccc4)(c4ccccc4)C(C)(C)C)C2(C)C)NC3=O)C=CCC=C1.CC1(C)[C@H](O[Si](c2ccccc2)(c2ccccc2)C(C)(C)C)[C@@H](Sc2ccccc2)C=C2NC(=O)[C@@]3(CCCN3)C[C@@H]21. The first-order valence-corrected chi connectivity index (χ1v) is 43.0. The van der Waals surface area contributed by atoms with Gasteiger partial charge in [0.15, 0.2) is 0 Å². The van der Waals surface area contributed by atoms with Gasteiger partial charge in [-0.3, -0.25) is 19.2 Å². The molecule has 8 atom stereocenters. The van der Waals surface area contributed by atoms with Gasteiger partial charge in [0, 0.05) is 39.6 Å². The van der Waals surface area contributed by atoms with Crippen molar-refractivity contribution < 1.29 is 28.0 Å². The van der Waals surface area contributed by atoms with Crippen LogP contribution >= 0.6 is 35.1 Å². The van der Waals surface area contributed by atoms with Gasteiger partial charge in [-0.05, 0) is 161 Å². The number of amides is 3. The van der Waals surface area contributed by atoms with E-state index in [1.165, 1.54) is 25.6 Å². The fraction of sp³-hybridized carbons (Fsp3) is 0.409. The molecule has 0 saturated carbocycles. The standard InChI is InChI=1S/C44H52N2O3SSi.C36H44N2O2SSi.C8H9ClO/c1-41(2,3)51(33-22-13-8-14-23-33,34-24-15-9-16-25-34)49-38-37(50-32-20-11-7-12-21-32)30-36-35(42(38,4)5)31-44(39(47)45-36)28-19-29-46(44)40(48)43(6)26-17-10-18-27-43;1-34(2,3)42(27-18-11-7-12-19-27,28-20-13-8-14-21-28)40-32-31(41-26-16-9-6-10-17-26)24-30-29(35(32,4)5)25-36(33(39)38-30)22-15-23-37-36;1-8(7(9)10)5-3-2-4-6-8/h7-9,11-18,20-27,30,35,37-38H,10,19,28-29,31H2,1-6H3,(H,45,47);6-14,16-21,24,29,31-32,37H,15,22-23,25H2,1-5H3,(H,38,39);3-6H,2H2,1H3/t35-,37-,38+,44+;29-,31-,32+,36+;/m00./s1. The predicted octanol–water partition coefficient (Wildman–Crippen LogP) is 16.6. The minimum Gasteiger partial charge on any atom is -0.402 e. The molecule has 0 aromatic heterocycles. The number of halogens is 1. The van der Waals surface area contributed by atoms with Gasteiger partial charge in [-0.25, -0.2) is 0 Å². The van der Waals surface area contributed by atoms with Crippen LogP contribution in [0.3, 0.4) is 0 Å². The van der Waals surface area contributed by atoms with Crippen LogP contribution in [0.2, 0.25) is 10.1 Å². The molecule has 103 heavy (non-hydrogen) atoms. The first-order valence-electron chi connectivity index (χ1n) is 37.1. The van der Waals surface area contributed by atoms with Crippen LogP contribution in [0.5, 0.6) is 0 Å². The van der Waals surface area contributed by atoms with Crippen LogP contribution < -0.4 is 36.7 Å². The van der Waals surface area contributed by atoms with E-state index in [1.54, 1.807) is 6.92 Å². The topological polar surface area (TPSA) is 126 Å². The van der Waals surface area contributed by atoms with Gasteiger partial charge in [-0.15, -0.1) is 23.5 Å². The number of carbonyl (C=O) groups is 4. The van der Waals surface area contributed by atoms with Gasteiger partial charge in [-0.1, -0.05) is 276 Å². The van der Waals surface area contributed by atoms with Gasteiger partial charge < -0.3 is 29.7 Å². The molecule has 4 heterocycles. The molecule has 14 rings (SSSR count). The van der Waals surface area contributed by atoms with E-state index >= 15 is 0 Å². The van der Waals surface area contributed by atoms with Crippen LogP contribution in [-0.2, 0) is 28.0 Å². The minimum absolute atomic E-state index is 0.0148. The van der Waals surface area contributed by atoms with Gasteiger partial charge in [0.2, 0.25) is 23.0 Å². The molecule has 0 radical (unpaired) electrons. The lowest BCUT2D eigenvalue weighted by molar-refractivity contribution is -0.152. The highest BCUT2D eigenvalue weighted by Gasteiger charge is 2.64. The lowest BCUT2D eigenvalue weighted by Gasteiger charge is -2.57. The minimum atomic E-state index is -2.97. The highest BCUT2D eigenvalue weighted by Crippen LogP contribution is 2.57. The summed E-state index contributed by atoms with van der Waals surface area (Å²) in [5.74, 6) is 0.254. The van der Waals surface area contributed by atoms with Crippen molar-refractivity contribution in [2.75, 3.05) is 13.1 Å². The summed E-state index contributed by atoms with van der Waals surface area (Å²) in [5.41, 5.74) is -1.31. The number of hydrogen-bond donors (Lipinski definition) is 3. The van der Waals surface area contributed by atoms with Crippen molar-refractivity contribution >= 4 is 95.5 Å². The summed E-state index contributed by atoms with van der Waals surface area (Å²) in [7, 11) is -5.81. The fourth-order valence-electron chi connectivity index (χ4n) is 17.8. The third-order valence-corrected chi connectivity index (χ3v) is 36.3. The molecule has 2 spiro atoms. The lowest BCUT2D eigenvalue weighted by Crippen LogP contribution is -2.71. The average Bonchev–Trinajstić information content (AvgIpc) is 1.53. The number of carbonyl (C=O) groups excluding carboxylic acids is 4. The highest BCUT2D eigenvalue weighted by molar-refractivity contribution is 8.00. The molecule has 3 amide bonds. The van der Waals surface area contributed by atoms with Crippen LogP contribution in [-0.4, -0.2) is 91.4 Å². The van der Waals surface area contributed by atoms with Crippen LogP contribution in [0.4, 0.5) is 0 Å². The van der Waals surface area contributed by atoms with Crippen LogP contribution in [0.1, 0.15) is 134 Å². The zero-order valence-corrected chi connectivity index (χ0v) is 66.6. The number of rotatable bonds is 14. The van der Waals surface area contributed by atoms with Crippen molar-refractivity contribution in [3.8, 4) is 0 Å². The Morgan fingerprint density at radius 3 is 1.22 bits per heavy atom. The van der Waals surface area contributed by atoms with Gasteiger partial charge in [0.05, 0.1) is 39.1 Å². The maximum atomic E-state index is 14.4. The molecular formula is C88H105ClN4O6S2Si2. The Kier molecular flexibility index (Phi) is 22.2. The van der Waals surface area contributed by atoms with E-state index in [0.717, 1.165) is 61.4 Å². The third-order valence-electron chi connectivity index (χ3n) is 23.5. The molecule has 8 aliphatic rings. The zero-order chi connectivity index (χ0) is 73.3. The molecule has 6 aromatic carbocycles. The van der Waals surface area contributed by atoms with Crippen LogP contribution in [0.25, 0.3) is 0 Å². The third kappa shape index (κ3) is 14.7. The van der Waals surface area contributed by atoms with Gasteiger partial charge >= 0.3 is 0 Å². The number of nitrogens with one attached hydrogen (secondary N) is 3. The number of piperidine rings is 2. The summed E-state index contributed by atoms with van der Waals surface area (Å²) in [6.45, 7) is 28.8. The Balaban J connectivity index is 0.000000173. The Bertz CT molecular complexity index is 4100. The number of nitrogens with zero attached hydrogens (tertiary/aromatic N) is 1. The largest absolute Gasteiger partial charge is 0.402 e. The van der Waals surface area contributed by atoms with Gasteiger partial charge in [-0.2, -0.15) is 0 Å². The summed E-state index contributed by atoms with van der Waals surface area (Å²) in [6.07, 6.45) is 26.5. The van der Waals surface area contributed by atoms with E-state index < -0.39 is 44.0 Å². The second-order valence-electron chi connectivity index (χ2n) is 33.1. The first kappa shape index (κ1) is 75.8. The normalized spacial score (nSPS) is 26.4. The second kappa shape index (κ2) is 30.2. The number of thioether (sulfide) groups is 2. The Morgan fingerprint density at radius 2 is 0.864 bits per heavy atom. The summed E-state index contributed by atoms with van der Waals surface area (Å²) < 4.78 is 16.1. The predicted molar refractivity (Wildman–Crippen MR) is 430 cm³/mol. The maximum absolute atomic E-state index is 14.4. The van der Waals surface area contributed by atoms with Crippen molar-refractivity contribution in [1.82, 2.24) is 20.9 Å². The van der Waals surface area contributed by atoms with Crippen LogP contribution in [0, 0.1) is 33.5 Å². The molecule has 6 aromatic rings. The van der Waals surface area contributed by atoms with Gasteiger partial charge in [0.25, 0.3) is 16.6 Å². The van der Waals surface area contributed by atoms with Crippen molar-refractivity contribution in [1.29, 1.82) is 0 Å². The number of allylic oxidation sites excluding steroid dienone is 8. The molecule has 4 aliphatic heterocycles. The fourth-order valence-corrected chi connectivity index (χ4v) is 30.5. The number of hydrogen-bond acceptors (Lipinski definition) is 9. The molecule has 15 heteroatoms. The van der Waals surface area contributed by atoms with Crippen molar-refractivity contribution in [2.24, 2.45) is 33.5 Å². The van der Waals surface area contributed by atoms with Crippen molar-refractivity contribution in [3.63, 3.8) is 0 Å². The average molecular weight is 1470 g/mol. The molecule has 3 N–H and O–H groups in total. The smallest absolute Gasteiger partial charge is 0.261 e. The molecule has 0 unspecified atom stereocenters.